The summed E-state index contributed by atoms with van der Waals surface area (Å²) in [6.07, 6.45) is 4.76. The Morgan fingerprint density at radius 3 is 1.93 bits per heavy atom. The molecule has 0 amide bonds. The first-order chi connectivity index (χ1) is 13.7. The highest BCUT2D eigenvalue weighted by Gasteiger charge is 2.19. The number of allylic oxidation sites excluding steroid dienone is 1. The van der Waals surface area contributed by atoms with Crippen molar-refractivity contribution in [1.82, 2.24) is 9.78 Å². The summed E-state index contributed by atoms with van der Waals surface area (Å²) in [5.41, 5.74) is 4.75. The van der Waals surface area contributed by atoms with Gasteiger partial charge in [-0.3, -0.25) is 0 Å². The fraction of sp³-hybridized carbons (Fsp3) is 0.409. The first-order valence-electron chi connectivity index (χ1n) is 9.28. The Hall–Kier alpha value is -3.27. The van der Waals surface area contributed by atoms with E-state index in [1.807, 2.05) is 0 Å². The molecule has 0 atom stereocenters. The summed E-state index contributed by atoms with van der Waals surface area (Å²) in [5, 5.41) is 8.30. The highest BCUT2D eigenvalue weighted by atomic mass is 16.2. The van der Waals surface area contributed by atoms with Crippen molar-refractivity contribution in [2.45, 2.75) is 59.9 Å². The van der Waals surface area contributed by atoms with Crippen molar-refractivity contribution >= 4 is 18.1 Å². The molecular formula is C22H29N3O4. The number of nitrogens with zero attached hydrogens (tertiary/aromatic N) is 2. The molecule has 7 heteroatoms. The number of benzene rings is 1. The maximum absolute atomic E-state index is 8.12. The zero-order valence-electron chi connectivity index (χ0n) is 17.9. The molecule has 7 nitrogen and oxygen atoms in total. The van der Waals surface area contributed by atoms with Gasteiger partial charge in [0.05, 0.1) is 11.2 Å². The Bertz CT molecular complexity index is 829. The monoisotopic (exact) mass is 399 g/mol. The molecule has 1 N–H and O–H groups in total. The first kappa shape index (κ1) is 25.7. The summed E-state index contributed by atoms with van der Waals surface area (Å²) in [5.74, 6) is 1.03. The van der Waals surface area contributed by atoms with Gasteiger partial charge >= 0.3 is 12.3 Å². The van der Waals surface area contributed by atoms with Gasteiger partial charge in [-0.2, -0.15) is 24.3 Å². The van der Waals surface area contributed by atoms with E-state index in [1.54, 1.807) is 0 Å². The Morgan fingerprint density at radius 2 is 1.52 bits per heavy atom. The predicted molar refractivity (Wildman–Crippen MR) is 110 cm³/mol. The van der Waals surface area contributed by atoms with E-state index in [2.05, 4.69) is 88.1 Å². The second-order valence-electron chi connectivity index (χ2n) is 7.18. The van der Waals surface area contributed by atoms with E-state index in [0.29, 0.717) is 0 Å². The van der Waals surface area contributed by atoms with Crippen LogP contribution in [-0.4, -0.2) is 22.1 Å². The number of anilines is 1. The zero-order valence-corrected chi connectivity index (χ0v) is 17.9. The summed E-state index contributed by atoms with van der Waals surface area (Å²) < 4.78 is 2.07. The molecule has 2 rings (SSSR count). The molecule has 0 saturated carbocycles. The third kappa shape index (κ3) is 8.98. The second-order valence-corrected chi connectivity index (χ2v) is 7.18. The molecule has 0 fully saturated rings. The van der Waals surface area contributed by atoms with Crippen molar-refractivity contribution < 1.29 is 19.2 Å². The fourth-order valence-corrected chi connectivity index (χ4v) is 2.49. The molecule has 0 aliphatic rings. The zero-order chi connectivity index (χ0) is 22.4. The van der Waals surface area contributed by atoms with Gasteiger partial charge in [0, 0.05) is 17.8 Å². The van der Waals surface area contributed by atoms with Crippen molar-refractivity contribution in [2.75, 3.05) is 5.32 Å². The lowest BCUT2D eigenvalue weighted by atomic mass is 10.1. The van der Waals surface area contributed by atoms with Crippen LogP contribution in [0.25, 0.3) is 11.3 Å². The summed E-state index contributed by atoms with van der Waals surface area (Å²) in [6.45, 7) is 13.0. The van der Waals surface area contributed by atoms with E-state index in [4.69, 9.17) is 24.3 Å². The molecule has 1 aromatic heterocycles. The molecule has 2 aromatic rings. The Balaban J connectivity index is 0.00000116. The van der Waals surface area contributed by atoms with Gasteiger partial charge in [0.25, 0.3) is 0 Å². The lowest BCUT2D eigenvalue weighted by Crippen LogP contribution is -2.24. The van der Waals surface area contributed by atoms with Crippen molar-refractivity contribution in [1.29, 1.82) is 0 Å². The summed E-state index contributed by atoms with van der Waals surface area (Å²) in [4.78, 5) is 32.5. The summed E-state index contributed by atoms with van der Waals surface area (Å²) in [6, 6.07) is 10.7. The fourth-order valence-electron chi connectivity index (χ4n) is 2.49. The highest BCUT2D eigenvalue weighted by molar-refractivity contribution is 5.64. The van der Waals surface area contributed by atoms with Gasteiger partial charge in [0.1, 0.15) is 5.82 Å². The molecule has 0 aliphatic heterocycles. The average Bonchev–Trinajstić information content (AvgIpc) is 3.09. The second kappa shape index (κ2) is 13.0. The van der Waals surface area contributed by atoms with Crippen LogP contribution in [0.2, 0.25) is 0 Å². The van der Waals surface area contributed by atoms with Crippen LogP contribution in [-0.2, 0) is 24.7 Å². The van der Waals surface area contributed by atoms with Gasteiger partial charge in [-0.15, -0.1) is 0 Å². The molecular weight excluding hydrogens is 370 g/mol. The third-order valence-corrected chi connectivity index (χ3v) is 4.02. The Labute approximate surface area is 171 Å². The van der Waals surface area contributed by atoms with Crippen molar-refractivity contribution in [3.05, 3.63) is 47.7 Å². The van der Waals surface area contributed by atoms with Gasteiger partial charge in [-0.05, 0) is 40.5 Å². The molecule has 0 bridgehead atoms. The van der Waals surface area contributed by atoms with E-state index < -0.39 is 0 Å². The van der Waals surface area contributed by atoms with Crippen LogP contribution < -0.4 is 5.32 Å². The van der Waals surface area contributed by atoms with Crippen LogP contribution in [0.5, 0.6) is 0 Å². The molecule has 0 aliphatic carbocycles. The minimum atomic E-state index is -0.0717. The van der Waals surface area contributed by atoms with Crippen LogP contribution in [0.4, 0.5) is 5.82 Å². The van der Waals surface area contributed by atoms with E-state index in [1.165, 1.54) is 11.1 Å². The molecule has 156 valence electrons. The van der Waals surface area contributed by atoms with Crippen molar-refractivity contribution in [3.8, 4) is 11.3 Å². The molecule has 0 spiro atoms. The van der Waals surface area contributed by atoms with Crippen LogP contribution in [0.3, 0.4) is 0 Å². The number of rotatable bonds is 5. The number of carbonyl (C=O) groups excluding carboxylic acids is 4. The Morgan fingerprint density at radius 1 is 1.03 bits per heavy atom. The Kier molecular flexibility index (Phi) is 11.5. The smallest absolute Gasteiger partial charge is 0.347 e. The standard InChI is InChI=1S/C20H29N3.2CO2/c1-7-16(8-2)14-21-19-13-18(22-23(19)20(4,5)6)17-11-9-15(3)10-12-17;2*2-1-3/h9-14,21H,7-8H2,1-6H3;;. The van der Waals surface area contributed by atoms with Crippen molar-refractivity contribution in [3.63, 3.8) is 0 Å². The van der Waals surface area contributed by atoms with E-state index >= 15 is 0 Å². The normalized spacial score (nSPS) is 9.59. The van der Waals surface area contributed by atoms with Crippen LogP contribution in [0.15, 0.2) is 42.1 Å². The number of hydrogen-bond donors (Lipinski definition) is 1. The largest absolute Gasteiger partial charge is 0.373 e. The first-order valence-corrected chi connectivity index (χ1v) is 9.28. The molecule has 1 heterocycles. The van der Waals surface area contributed by atoms with Crippen LogP contribution >= 0.6 is 0 Å². The number of hydrogen-bond acceptors (Lipinski definition) is 6. The molecule has 0 unspecified atom stereocenters. The number of aromatic nitrogens is 2. The van der Waals surface area contributed by atoms with Gasteiger partial charge < -0.3 is 5.32 Å². The van der Waals surface area contributed by atoms with E-state index in [-0.39, 0.29) is 17.8 Å². The lowest BCUT2D eigenvalue weighted by molar-refractivity contribution is -0.193. The summed E-state index contributed by atoms with van der Waals surface area (Å²) in [7, 11) is 0. The van der Waals surface area contributed by atoms with Gasteiger partial charge in [0.15, 0.2) is 0 Å². The predicted octanol–water partition coefficient (Wildman–Crippen LogP) is 4.56. The minimum absolute atomic E-state index is 0.0717. The van der Waals surface area contributed by atoms with Gasteiger partial charge in [-0.1, -0.05) is 49.2 Å². The highest BCUT2D eigenvalue weighted by Crippen LogP contribution is 2.27. The number of aryl methyl sites for hydroxylation is 1. The van der Waals surface area contributed by atoms with Crippen molar-refractivity contribution in [2.24, 2.45) is 0 Å². The lowest BCUT2D eigenvalue weighted by Gasteiger charge is -2.22. The SMILES string of the molecule is CCC(=CNc1cc(-c2ccc(C)cc2)nn1C(C)(C)C)CC.O=C=O.O=C=O. The van der Waals surface area contributed by atoms with Gasteiger partial charge in [-0.25, -0.2) is 4.68 Å². The minimum Gasteiger partial charge on any atom is -0.347 e. The molecule has 1 aromatic carbocycles. The van der Waals surface area contributed by atoms with Crippen LogP contribution in [0.1, 0.15) is 53.0 Å². The quantitative estimate of drug-likeness (QED) is 0.791. The molecule has 0 saturated heterocycles. The molecule has 0 radical (unpaired) electrons. The number of nitrogens with one attached hydrogen (secondary N) is 1. The molecule has 29 heavy (non-hydrogen) atoms. The maximum atomic E-state index is 8.12. The maximum Gasteiger partial charge on any atom is 0.373 e. The summed E-state index contributed by atoms with van der Waals surface area (Å²) >= 11 is 0. The third-order valence-electron chi connectivity index (χ3n) is 4.02. The van der Waals surface area contributed by atoms with Crippen LogP contribution in [0, 0.1) is 6.92 Å². The van der Waals surface area contributed by atoms with Gasteiger partial charge in [0.2, 0.25) is 0 Å². The topological polar surface area (TPSA) is 98.1 Å². The van der Waals surface area contributed by atoms with E-state index in [9.17, 15) is 0 Å². The van der Waals surface area contributed by atoms with E-state index in [0.717, 1.165) is 29.9 Å². The average molecular weight is 399 g/mol.